The Bertz CT molecular complexity index is 1100. The summed E-state index contributed by atoms with van der Waals surface area (Å²) in [5.74, 6) is -0.271. The number of nitrogens with one attached hydrogen (secondary N) is 3. The van der Waals surface area contributed by atoms with Gasteiger partial charge in [0.2, 0.25) is 0 Å². The SMILES string of the molecule is COc1cc(NC(=S)NC(=O)c2ccc(Cl)cc2Cl)ccc1NC(=O)c1cccs1. The third kappa shape index (κ3) is 5.48. The minimum atomic E-state index is -0.471. The zero-order valence-electron chi connectivity index (χ0n) is 15.5. The van der Waals surface area contributed by atoms with Crippen LogP contribution in [0.15, 0.2) is 53.9 Å². The molecule has 0 spiro atoms. The molecule has 2 amide bonds. The third-order valence-electron chi connectivity index (χ3n) is 3.86. The van der Waals surface area contributed by atoms with Gasteiger partial charge in [-0.3, -0.25) is 14.9 Å². The van der Waals surface area contributed by atoms with Gasteiger partial charge in [0.25, 0.3) is 11.8 Å². The normalized spacial score (nSPS) is 10.2. The molecule has 0 radical (unpaired) electrons. The largest absolute Gasteiger partial charge is 0.494 e. The van der Waals surface area contributed by atoms with Gasteiger partial charge in [-0.15, -0.1) is 11.3 Å². The van der Waals surface area contributed by atoms with Gasteiger partial charge in [-0.05, 0) is 54.0 Å². The van der Waals surface area contributed by atoms with Gasteiger partial charge in [0.1, 0.15) is 5.75 Å². The molecule has 0 saturated carbocycles. The van der Waals surface area contributed by atoms with Crippen molar-refractivity contribution in [2.75, 3.05) is 17.7 Å². The summed E-state index contributed by atoms with van der Waals surface area (Å²) in [5, 5.41) is 10.8. The van der Waals surface area contributed by atoms with E-state index in [-0.39, 0.29) is 21.6 Å². The van der Waals surface area contributed by atoms with E-state index in [0.717, 1.165) is 0 Å². The molecule has 3 rings (SSSR count). The van der Waals surface area contributed by atoms with Gasteiger partial charge in [-0.1, -0.05) is 29.3 Å². The molecule has 2 aromatic carbocycles. The molecule has 0 aliphatic carbocycles. The number of thiophene rings is 1. The fraction of sp³-hybridized carbons (Fsp3) is 0.0500. The maximum Gasteiger partial charge on any atom is 0.265 e. The third-order valence-corrected chi connectivity index (χ3v) is 5.48. The van der Waals surface area contributed by atoms with E-state index in [2.05, 4.69) is 16.0 Å². The lowest BCUT2D eigenvalue weighted by molar-refractivity contribution is 0.0976. The maximum absolute atomic E-state index is 12.4. The summed E-state index contributed by atoms with van der Waals surface area (Å²) in [5.41, 5.74) is 1.31. The predicted molar refractivity (Wildman–Crippen MR) is 125 cm³/mol. The number of rotatable bonds is 5. The van der Waals surface area contributed by atoms with E-state index < -0.39 is 5.91 Å². The van der Waals surface area contributed by atoms with Gasteiger partial charge in [-0.2, -0.15) is 0 Å². The van der Waals surface area contributed by atoms with Gasteiger partial charge in [0, 0.05) is 16.8 Å². The summed E-state index contributed by atoms with van der Waals surface area (Å²) in [6, 6.07) is 13.1. The molecule has 154 valence electrons. The van der Waals surface area contributed by atoms with E-state index in [1.165, 1.54) is 30.6 Å². The summed E-state index contributed by atoms with van der Waals surface area (Å²) in [6.07, 6.45) is 0. The lowest BCUT2D eigenvalue weighted by Gasteiger charge is -2.14. The van der Waals surface area contributed by atoms with Crippen LogP contribution in [0.1, 0.15) is 20.0 Å². The molecule has 0 unspecified atom stereocenters. The number of carbonyl (C=O) groups is 2. The summed E-state index contributed by atoms with van der Waals surface area (Å²) in [7, 11) is 1.49. The van der Waals surface area contributed by atoms with Crippen LogP contribution in [0, 0.1) is 0 Å². The van der Waals surface area contributed by atoms with Crippen LogP contribution in [0.3, 0.4) is 0 Å². The highest BCUT2D eigenvalue weighted by atomic mass is 35.5. The smallest absolute Gasteiger partial charge is 0.265 e. The van der Waals surface area contributed by atoms with E-state index >= 15 is 0 Å². The number of carbonyl (C=O) groups excluding carboxylic acids is 2. The minimum Gasteiger partial charge on any atom is -0.494 e. The zero-order valence-corrected chi connectivity index (χ0v) is 18.6. The molecule has 30 heavy (non-hydrogen) atoms. The Labute approximate surface area is 192 Å². The first kappa shape index (κ1) is 22.0. The fourth-order valence-electron chi connectivity index (χ4n) is 2.47. The van der Waals surface area contributed by atoms with E-state index in [1.807, 2.05) is 5.38 Å². The van der Waals surface area contributed by atoms with Crippen molar-refractivity contribution in [1.82, 2.24) is 5.32 Å². The van der Waals surface area contributed by atoms with E-state index in [1.54, 1.807) is 36.4 Å². The van der Waals surface area contributed by atoms with Gasteiger partial charge >= 0.3 is 0 Å². The second-order valence-corrected chi connectivity index (χ2v) is 8.08. The summed E-state index contributed by atoms with van der Waals surface area (Å²) < 4.78 is 5.35. The Balaban J connectivity index is 1.66. The first-order valence-corrected chi connectivity index (χ1v) is 10.5. The summed E-state index contributed by atoms with van der Waals surface area (Å²) in [4.78, 5) is 25.2. The molecule has 0 fully saturated rings. The molecule has 0 saturated heterocycles. The second-order valence-electron chi connectivity index (χ2n) is 5.88. The number of thiocarbonyl (C=S) groups is 1. The number of amides is 2. The van der Waals surface area contributed by atoms with Crippen molar-refractivity contribution in [3.8, 4) is 5.75 Å². The molecule has 1 heterocycles. The van der Waals surface area contributed by atoms with Crippen LogP contribution >= 0.6 is 46.8 Å². The quantitative estimate of drug-likeness (QED) is 0.424. The van der Waals surface area contributed by atoms with Gasteiger partial charge in [0.15, 0.2) is 5.11 Å². The van der Waals surface area contributed by atoms with Crippen molar-refractivity contribution in [2.24, 2.45) is 0 Å². The van der Waals surface area contributed by atoms with Crippen LogP contribution in [0.2, 0.25) is 10.0 Å². The fourth-order valence-corrected chi connectivity index (χ4v) is 3.79. The van der Waals surface area contributed by atoms with Gasteiger partial charge in [0.05, 0.1) is 28.3 Å². The molecule has 3 aromatic rings. The highest BCUT2D eigenvalue weighted by Gasteiger charge is 2.14. The highest BCUT2D eigenvalue weighted by molar-refractivity contribution is 7.80. The van der Waals surface area contributed by atoms with Crippen LogP contribution in [0.5, 0.6) is 5.75 Å². The van der Waals surface area contributed by atoms with E-state index in [9.17, 15) is 9.59 Å². The number of ether oxygens (including phenoxy) is 1. The van der Waals surface area contributed by atoms with Crippen molar-refractivity contribution in [2.45, 2.75) is 0 Å². The van der Waals surface area contributed by atoms with Crippen LogP contribution in [-0.2, 0) is 0 Å². The van der Waals surface area contributed by atoms with Crippen LogP contribution in [-0.4, -0.2) is 24.0 Å². The number of methoxy groups -OCH3 is 1. The standard InChI is InChI=1S/C20H15Cl2N3O3S2/c1-28-16-10-12(5-7-15(16)24-19(27)17-3-2-8-30-17)23-20(29)25-18(26)13-6-4-11(21)9-14(13)22/h2-10H,1H3,(H,24,27)(H2,23,25,26,29). The molecular weight excluding hydrogens is 465 g/mol. The molecular formula is C20H15Cl2N3O3S2. The Morgan fingerprint density at radius 2 is 1.83 bits per heavy atom. The monoisotopic (exact) mass is 479 g/mol. The Morgan fingerprint density at radius 1 is 1.03 bits per heavy atom. The van der Waals surface area contributed by atoms with Crippen LogP contribution in [0.25, 0.3) is 0 Å². The molecule has 0 aliphatic heterocycles. The maximum atomic E-state index is 12.4. The Hall–Kier alpha value is -2.65. The highest BCUT2D eigenvalue weighted by Crippen LogP contribution is 2.29. The summed E-state index contributed by atoms with van der Waals surface area (Å²) in [6.45, 7) is 0. The van der Waals surface area contributed by atoms with Gasteiger partial charge < -0.3 is 15.4 Å². The second kappa shape index (κ2) is 9.90. The first-order chi connectivity index (χ1) is 14.4. The van der Waals surface area contributed by atoms with Crippen LogP contribution < -0.4 is 20.7 Å². The van der Waals surface area contributed by atoms with Crippen molar-refractivity contribution in [3.05, 3.63) is 74.4 Å². The molecule has 1 aromatic heterocycles. The molecule has 0 bridgehead atoms. The Morgan fingerprint density at radius 3 is 2.50 bits per heavy atom. The average Bonchev–Trinajstić information content (AvgIpc) is 3.23. The first-order valence-electron chi connectivity index (χ1n) is 8.47. The van der Waals surface area contributed by atoms with Crippen molar-refractivity contribution >= 4 is 75.1 Å². The zero-order chi connectivity index (χ0) is 21.7. The van der Waals surface area contributed by atoms with Crippen molar-refractivity contribution < 1.29 is 14.3 Å². The Kier molecular flexibility index (Phi) is 7.28. The number of halogens is 2. The van der Waals surface area contributed by atoms with E-state index in [0.29, 0.717) is 27.0 Å². The molecule has 0 atom stereocenters. The predicted octanol–water partition coefficient (Wildman–Crippen LogP) is 5.44. The number of benzene rings is 2. The average molecular weight is 480 g/mol. The number of hydrogen-bond acceptors (Lipinski definition) is 5. The molecule has 3 N–H and O–H groups in total. The topological polar surface area (TPSA) is 79.5 Å². The summed E-state index contributed by atoms with van der Waals surface area (Å²) >= 11 is 18.4. The molecule has 6 nitrogen and oxygen atoms in total. The van der Waals surface area contributed by atoms with E-state index in [4.69, 9.17) is 40.2 Å². The van der Waals surface area contributed by atoms with Crippen molar-refractivity contribution in [3.63, 3.8) is 0 Å². The molecule has 10 heteroatoms. The number of hydrogen-bond donors (Lipinski definition) is 3. The van der Waals surface area contributed by atoms with Crippen LogP contribution in [0.4, 0.5) is 11.4 Å². The lowest BCUT2D eigenvalue weighted by atomic mass is 10.2. The minimum absolute atomic E-state index is 0.0726. The van der Waals surface area contributed by atoms with Crippen molar-refractivity contribution in [1.29, 1.82) is 0 Å². The van der Waals surface area contributed by atoms with Gasteiger partial charge in [-0.25, -0.2) is 0 Å². The lowest BCUT2D eigenvalue weighted by Crippen LogP contribution is -2.34. The number of anilines is 2. The molecule has 0 aliphatic rings.